The minimum absolute atomic E-state index is 0.0714. The summed E-state index contributed by atoms with van der Waals surface area (Å²) in [5.41, 5.74) is 3.24. The van der Waals surface area contributed by atoms with Crippen LogP contribution in [0.4, 0.5) is 0 Å². The molecule has 1 aromatic carbocycles. The van der Waals surface area contributed by atoms with Crippen LogP contribution in [0.1, 0.15) is 72.8 Å². The number of nitrogens with one attached hydrogen (secondary N) is 2. The number of benzene rings is 1. The number of amides is 2. The number of fused-ring (bicyclic) bond motifs is 1. The second-order valence-corrected chi connectivity index (χ2v) is 11.6. The fraction of sp³-hybridized carbons (Fsp3) is 0.516. The molecular weight excluding hydrogens is 492 g/mol. The van der Waals surface area contributed by atoms with Gasteiger partial charge in [0.2, 0.25) is 5.91 Å². The van der Waals surface area contributed by atoms with Crippen LogP contribution in [-0.4, -0.2) is 46.5 Å². The smallest absolute Gasteiger partial charge is 0.256 e. The number of para-hydroxylation sites is 1. The zero-order valence-electron chi connectivity index (χ0n) is 23.6. The number of piperidine rings is 1. The van der Waals surface area contributed by atoms with Gasteiger partial charge in [-0.15, -0.1) is 0 Å². The van der Waals surface area contributed by atoms with Gasteiger partial charge in [-0.05, 0) is 57.6 Å². The second-order valence-electron chi connectivity index (χ2n) is 11.6. The van der Waals surface area contributed by atoms with Crippen molar-refractivity contribution in [3.8, 4) is 5.75 Å². The summed E-state index contributed by atoms with van der Waals surface area (Å²) in [5.74, 6) is 1.02. The van der Waals surface area contributed by atoms with Crippen LogP contribution in [0.3, 0.4) is 0 Å². The lowest BCUT2D eigenvalue weighted by molar-refractivity contribution is -0.142. The Morgan fingerprint density at radius 3 is 2.51 bits per heavy atom. The highest BCUT2D eigenvalue weighted by atomic mass is 16.5. The Hall–Kier alpha value is -3.55. The Bertz CT molecular complexity index is 1440. The zero-order chi connectivity index (χ0) is 27.7. The number of methoxy groups -OCH3 is 1. The van der Waals surface area contributed by atoms with E-state index < -0.39 is 0 Å². The highest BCUT2D eigenvalue weighted by Crippen LogP contribution is 2.40. The molecule has 208 valence electrons. The number of likely N-dealkylation sites (tertiary alicyclic amines) is 1. The van der Waals surface area contributed by atoms with Gasteiger partial charge in [0.1, 0.15) is 5.75 Å². The zero-order valence-corrected chi connectivity index (χ0v) is 23.6. The molecule has 2 fully saturated rings. The second kappa shape index (κ2) is 10.9. The summed E-state index contributed by atoms with van der Waals surface area (Å²) in [4.78, 5) is 44.1. The number of carbonyl (C=O) groups is 2. The maximum atomic E-state index is 13.5. The molecule has 2 aliphatic rings. The molecule has 1 aliphatic carbocycles. The predicted octanol–water partition coefficient (Wildman–Crippen LogP) is 4.70. The van der Waals surface area contributed by atoms with E-state index in [2.05, 4.69) is 32.8 Å². The Kier molecular flexibility index (Phi) is 7.56. The first-order valence-electron chi connectivity index (χ1n) is 14.1. The number of hydrogen-bond acceptors (Lipinski definition) is 4. The van der Waals surface area contributed by atoms with Gasteiger partial charge in [0.05, 0.1) is 24.8 Å². The van der Waals surface area contributed by atoms with E-state index in [1.165, 1.54) is 7.11 Å². The topological polar surface area (TPSA) is 96.4 Å². The molecule has 8 heteroatoms. The summed E-state index contributed by atoms with van der Waals surface area (Å²) in [6, 6.07) is 9.75. The summed E-state index contributed by atoms with van der Waals surface area (Å²) in [7, 11) is 1.52. The summed E-state index contributed by atoms with van der Waals surface area (Å²) < 4.78 is 7.64. The van der Waals surface area contributed by atoms with Gasteiger partial charge < -0.3 is 24.5 Å². The molecular formula is C31H40N4O4. The van der Waals surface area contributed by atoms with Gasteiger partial charge in [0.15, 0.2) is 0 Å². The molecule has 1 saturated carbocycles. The monoisotopic (exact) mass is 532 g/mol. The summed E-state index contributed by atoms with van der Waals surface area (Å²) in [5, 5.41) is 3.85. The highest BCUT2D eigenvalue weighted by Gasteiger charge is 2.40. The Labute approximate surface area is 229 Å². The molecule has 8 nitrogen and oxygen atoms in total. The van der Waals surface area contributed by atoms with E-state index in [0.717, 1.165) is 74.8 Å². The van der Waals surface area contributed by atoms with Crippen molar-refractivity contribution < 1.29 is 14.3 Å². The minimum Gasteiger partial charge on any atom is -0.496 e. The van der Waals surface area contributed by atoms with E-state index >= 15 is 0 Å². The SMILES string of the molecule is COc1cc(C)[nH]c(=O)c1CNC(=O)c1c(C)n(CC2CCN(C(=O)C3(C)CCCC3)CC2)c2ccccc12. The Morgan fingerprint density at radius 2 is 1.82 bits per heavy atom. The molecule has 1 saturated heterocycles. The maximum Gasteiger partial charge on any atom is 0.256 e. The molecule has 0 unspecified atom stereocenters. The summed E-state index contributed by atoms with van der Waals surface area (Å²) in [6.45, 7) is 8.42. The number of aromatic amines is 1. The number of aryl methyl sites for hydroxylation is 1. The fourth-order valence-corrected chi connectivity index (χ4v) is 6.57. The van der Waals surface area contributed by atoms with Gasteiger partial charge in [-0.2, -0.15) is 0 Å². The predicted molar refractivity (Wildman–Crippen MR) is 152 cm³/mol. The number of carbonyl (C=O) groups excluding carboxylic acids is 2. The molecule has 39 heavy (non-hydrogen) atoms. The number of ether oxygens (including phenoxy) is 1. The molecule has 2 N–H and O–H groups in total. The van der Waals surface area contributed by atoms with Crippen molar-refractivity contribution in [2.45, 2.75) is 72.4 Å². The van der Waals surface area contributed by atoms with Crippen molar-refractivity contribution in [3.05, 3.63) is 63.2 Å². The van der Waals surface area contributed by atoms with Crippen LogP contribution in [-0.2, 0) is 17.9 Å². The van der Waals surface area contributed by atoms with Crippen molar-refractivity contribution in [1.82, 2.24) is 19.8 Å². The van der Waals surface area contributed by atoms with Crippen molar-refractivity contribution in [3.63, 3.8) is 0 Å². The first-order valence-corrected chi connectivity index (χ1v) is 14.1. The number of pyridine rings is 1. The van der Waals surface area contributed by atoms with Crippen LogP contribution >= 0.6 is 0 Å². The normalized spacial score (nSPS) is 17.5. The molecule has 0 bridgehead atoms. The molecule has 5 rings (SSSR count). The van der Waals surface area contributed by atoms with E-state index in [1.54, 1.807) is 13.0 Å². The number of H-pyrrole nitrogens is 1. The van der Waals surface area contributed by atoms with Gasteiger partial charge in [0, 0.05) is 47.3 Å². The van der Waals surface area contributed by atoms with E-state index in [9.17, 15) is 14.4 Å². The Morgan fingerprint density at radius 1 is 1.13 bits per heavy atom. The third kappa shape index (κ3) is 5.21. The average Bonchev–Trinajstić information content (AvgIpc) is 3.49. The van der Waals surface area contributed by atoms with Gasteiger partial charge in [-0.3, -0.25) is 14.4 Å². The lowest BCUT2D eigenvalue weighted by Crippen LogP contribution is -2.45. The molecule has 0 radical (unpaired) electrons. The lowest BCUT2D eigenvalue weighted by atomic mass is 9.85. The largest absolute Gasteiger partial charge is 0.496 e. The van der Waals surface area contributed by atoms with Gasteiger partial charge in [0.25, 0.3) is 11.5 Å². The maximum absolute atomic E-state index is 13.5. The van der Waals surface area contributed by atoms with E-state index in [-0.39, 0.29) is 23.4 Å². The molecule has 0 atom stereocenters. The molecule has 3 heterocycles. The number of hydrogen-bond donors (Lipinski definition) is 2. The average molecular weight is 533 g/mol. The van der Waals surface area contributed by atoms with Crippen LogP contribution in [0.15, 0.2) is 35.1 Å². The van der Waals surface area contributed by atoms with Crippen LogP contribution in [0.5, 0.6) is 5.75 Å². The van der Waals surface area contributed by atoms with Crippen molar-refractivity contribution in [1.29, 1.82) is 0 Å². The van der Waals surface area contributed by atoms with Crippen LogP contribution in [0.25, 0.3) is 10.9 Å². The lowest BCUT2D eigenvalue weighted by Gasteiger charge is -2.37. The van der Waals surface area contributed by atoms with Crippen LogP contribution < -0.4 is 15.6 Å². The summed E-state index contributed by atoms with van der Waals surface area (Å²) in [6.07, 6.45) is 6.26. The third-order valence-electron chi connectivity index (χ3n) is 8.90. The standard InChI is InChI=1S/C31H40N4O4/c1-20-17-26(39-4)24(28(36)33-20)18-32-29(37)27-21(2)35(25-10-6-5-9-23(25)27)19-22-11-15-34(16-12-22)30(38)31(3)13-7-8-14-31/h5-6,9-10,17,22H,7-8,11-16,18-19H2,1-4H3,(H,32,37)(H,33,36). The molecule has 3 aromatic rings. The first kappa shape index (κ1) is 27.0. The van der Waals surface area contributed by atoms with Gasteiger partial charge in [-0.25, -0.2) is 0 Å². The quantitative estimate of drug-likeness (QED) is 0.461. The number of rotatable bonds is 7. The Balaban J connectivity index is 1.31. The first-order chi connectivity index (χ1) is 18.7. The number of aromatic nitrogens is 2. The van der Waals surface area contributed by atoms with Crippen molar-refractivity contribution in [2.24, 2.45) is 11.3 Å². The molecule has 2 amide bonds. The molecule has 1 aliphatic heterocycles. The minimum atomic E-state index is -0.266. The third-order valence-corrected chi connectivity index (χ3v) is 8.90. The van der Waals surface area contributed by atoms with Gasteiger partial charge >= 0.3 is 0 Å². The van der Waals surface area contributed by atoms with Crippen molar-refractivity contribution in [2.75, 3.05) is 20.2 Å². The highest BCUT2D eigenvalue weighted by molar-refractivity contribution is 6.08. The van der Waals surface area contributed by atoms with E-state index in [4.69, 9.17) is 4.74 Å². The molecule has 2 aromatic heterocycles. The fourth-order valence-electron chi connectivity index (χ4n) is 6.57. The van der Waals surface area contributed by atoms with Crippen LogP contribution in [0, 0.1) is 25.2 Å². The number of nitrogens with zero attached hydrogens (tertiary/aromatic N) is 2. The van der Waals surface area contributed by atoms with Crippen LogP contribution in [0.2, 0.25) is 0 Å². The van der Waals surface area contributed by atoms with E-state index in [1.807, 2.05) is 25.1 Å². The summed E-state index contributed by atoms with van der Waals surface area (Å²) >= 11 is 0. The van der Waals surface area contributed by atoms with Crippen molar-refractivity contribution >= 4 is 22.7 Å². The molecule has 0 spiro atoms. The van der Waals surface area contributed by atoms with Gasteiger partial charge in [-0.1, -0.05) is 38.0 Å². The van der Waals surface area contributed by atoms with E-state index in [0.29, 0.717) is 34.4 Å².